The lowest BCUT2D eigenvalue weighted by atomic mass is 10.0. The molecule has 0 nitrogen and oxygen atoms in total. The zero-order chi connectivity index (χ0) is 13.1. The van der Waals surface area contributed by atoms with E-state index in [1.54, 1.807) is 0 Å². The molecule has 0 saturated carbocycles. The Balaban J connectivity index is 2.16. The third kappa shape index (κ3) is 3.84. The molecule has 0 aliphatic heterocycles. The molecule has 0 aliphatic carbocycles. The van der Waals surface area contributed by atoms with E-state index in [-0.39, 0.29) is 5.38 Å². The van der Waals surface area contributed by atoms with Crippen LogP contribution in [0, 0.1) is 6.92 Å². The van der Waals surface area contributed by atoms with Crippen molar-refractivity contribution in [1.29, 1.82) is 0 Å². The van der Waals surface area contributed by atoms with Gasteiger partial charge in [0, 0.05) is 8.95 Å². The van der Waals surface area contributed by atoms with Gasteiger partial charge in [0.25, 0.3) is 0 Å². The van der Waals surface area contributed by atoms with Crippen molar-refractivity contribution in [2.45, 2.75) is 18.7 Å². The van der Waals surface area contributed by atoms with Crippen LogP contribution in [0.3, 0.4) is 0 Å². The van der Waals surface area contributed by atoms with E-state index in [0.717, 1.165) is 20.9 Å². The van der Waals surface area contributed by atoms with Gasteiger partial charge in [0.1, 0.15) is 0 Å². The molecule has 1 atom stereocenters. The van der Waals surface area contributed by atoms with Crippen molar-refractivity contribution in [3.05, 3.63) is 68.1 Å². The van der Waals surface area contributed by atoms with Crippen LogP contribution >= 0.6 is 43.5 Å². The molecule has 3 heteroatoms. The zero-order valence-electron chi connectivity index (χ0n) is 9.96. The van der Waals surface area contributed by atoms with E-state index in [1.807, 2.05) is 12.1 Å². The Hall–Kier alpha value is -0.310. The lowest BCUT2D eigenvalue weighted by molar-refractivity contribution is 0.916. The van der Waals surface area contributed by atoms with Crippen LogP contribution in [0.15, 0.2) is 51.4 Å². The molecule has 0 radical (unpaired) electrons. The predicted octanol–water partition coefficient (Wildman–Crippen LogP) is 6.04. The largest absolute Gasteiger partial charge is 0.117 e. The summed E-state index contributed by atoms with van der Waals surface area (Å²) in [6, 6.07) is 14.6. The quantitative estimate of drug-likeness (QED) is 0.562. The van der Waals surface area contributed by atoms with Crippen molar-refractivity contribution in [1.82, 2.24) is 0 Å². The second-order valence-corrected chi connectivity index (χ2v) is 6.72. The number of alkyl halides is 1. The third-order valence-electron chi connectivity index (χ3n) is 2.75. The summed E-state index contributed by atoms with van der Waals surface area (Å²) in [6.07, 6.45) is 0.838. The molecule has 0 aromatic heterocycles. The van der Waals surface area contributed by atoms with Crippen LogP contribution in [0.1, 0.15) is 22.1 Å². The second kappa shape index (κ2) is 6.23. The number of halogens is 3. The predicted molar refractivity (Wildman–Crippen MR) is 85.3 cm³/mol. The van der Waals surface area contributed by atoms with Crippen LogP contribution in [-0.4, -0.2) is 0 Å². The zero-order valence-corrected chi connectivity index (χ0v) is 13.9. The molecule has 0 spiro atoms. The summed E-state index contributed by atoms with van der Waals surface area (Å²) in [5.41, 5.74) is 3.63. The average Bonchev–Trinajstić information content (AvgIpc) is 2.31. The molecule has 2 aromatic carbocycles. The highest BCUT2D eigenvalue weighted by molar-refractivity contribution is 9.10. The Kier molecular flexibility index (Phi) is 4.88. The fourth-order valence-electron chi connectivity index (χ4n) is 1.89. The highest BCUT2D eigenvalue weighted by atomic mass is 79.9. The van der Waals surface area contributed by atoms with E-state index in [4.69, 9.17) is 11.6 Å². The Morgan fingerprint density at radius 2 is 1.67 bits per heavy atom. The van der Waals surface area contributed by atoms with Crippen molar-refractivity contribution >= 4 is 43.5 Å². The number of hydrogen-bond donors (Lipinski definition) is 0. The molecule has 0 fully saturated rings. The Morgan fingerprint density at radius 1 is 1.00 bits per heavy atom. The van der Waals surface area contributed by atoms with E-state index < -0.39 is 0 Å². The summed E-state index contributed by atoms with van der Waals surface area (Å²) in [4.78, 5) is 0. The second-order valence-electron chi connectivity index (χ2n) is 4.36. The summed E-state index contributed by atoms with van der Waals surface area (Å²) in [6.45, 7) is 2.08. The van der Waals surface area contributed by atoms with Crippen molar-refractivity contribution in [3.63, 3.8) is 0 Å². The summed E-state index contributed by atoms with van der Waals surface area (Å²) in [5, 5.41) is 0.00220. The minimum atomic E-state index is 0.00220. The maximum absolute atomic E-state index is 6.49. The van der Waals surface area contributed by atoms with Crippen molar-refractivity contribution in [2.24, 2.45) is 0 Å². The van der Waals surface area contributed by atoms with E-state index in [9.17, 15) is 0 Å². The minimum absolute atomic E-state index is 0.00220. The number of aryl methyl sites for hydroxylation is 1. The number of rotatable bonds is 3. The fourth-order valence-corrected chi connectivity index (χ4v) is 3.08. The van der Waals surface area contributed by atoms with E-state index in [1.165, 1.54) is 11.1 Å². The smallest absolute Gasteiger partial charge is 0.0626 e. The molecule has 1 unspecified atom stereocenters. The van der Waals surface area contributed by atoms with Crippen LogP contribution < -0.4 is 0 Å². The lowest BCUT2D eigenvalue weighted by Crippen LogP contribution is -1.96. The highest BCUT2D eigenvalue weighted by Crippen LogP contribution is 2.28. The Bertz CT molecular complexity index is 514. The standard InChI is InChI=1S/C15H13Br2Cl/c1-10-6-12(9-14(17)7-10)15(18)8-11-2-4-13(16)5-3-11/h2-7,9,15H,8H2,1H3. The maximum Gasteiger partial charge on any atom is 0.0626 e. The van der Waals surface area contributed by atoms with Gasteiger partial charge in [0.15, 0.2) is 0 Å². The number of hydrogen-bond acceptors (Lipinski definition) is 0. The van der Waals surface area contributed by atoms with Gasteiger partial charge in [0.2, 0.25) is 0 Å². The molecule has 2 rings (SSSR count). The first kappa shape index (κ1) is 14.1. The summed E-state index contributed by atoms with van der Waals surface area (Å²) in [7, 11) is 0. The first-order valence-corrected chi connectivity index (χ1v) is 7.72. The van der Waals surface area contributed by atoms with Gasteiger partial charge in [-0.05, 0) is 54.3 Å². The summed E-state index contributed by atoms with van der Waals surface area (Å²) < 4.78 is 2.18. The van der Waals surface area contributed by atoms with Crippen LogP contribution in [0.25, 0.3) is 0 Å². The Morgan fingerprint density at radius 3 is 2.28 bits per heavy atom. The van der Waals surface area contributed by atoms with Crippen LogP contribution in [-0.2, 0) is 6.42 Å². The maximum atomic E-state index is 6.49. The molecule has 0 bridgehead atoms. The van der Waals surface area contributed by atoms with Crippen molar-refractivity contribution in [3.8, 4) is 0 Å². The van der Waals surface area contributed by atoms with Gasteiger partial charge in [-0.3, -0.25) is 0 Å². The van der Waals surface area contributed by atoms with E-state index in [2.05, 4.69) is 69.1 Å². The van der Waals surface area contributed by atoms with Gasteiger partial charge >= 0.3 is 0 Å². The first-order valence-electron chi connectivity index (χ1n) is 5.70. The molecule has 0 amide bonds. The average molecular weight is 389 g/mol. The fraction of sp³-hybridized carbons (Fsp3) is 0.200. The third-order valence-corrected chi connectivity index (χ3v) is 4.15. The molecule has 0 aliphatic rings. The van der Waals surface area contributed by atoms with Gasteiger partial charge in [-0.15, -0.1) is 11.6 Å². The lowest BCUT2D eigenvalue weighted by Gasteiger charge is -2.11. The SMILES string of the molecule is Cc1cc(Br)cc(C(Cl)Cc2ccc(Br)cc2)c1. The number of benzene rings is 2. The molecule has 0 N–H and O–H groups in total. The first-order chi connectivity index (χ1) is 8.54. The molecular weight excluding hydrogens is 375 g/mol. The van der Waals surface area contributed by atoms with Gasteiger partial charge in [-0.2, -0.15) is 0 Å². The summed E-state index contributed by atoms with van der Waals surface area (Å²) >= 11 is 13.4. The normalized spacial score (nSPS) is 12.4. The van der Waals surface area contributed by atoms with Crippen LogP contribution in [0.4, 0.5) is 0 Å². The summed E-state index contributed by atoms with van der Waals surface area (Å²) in [5.74, 6) is 0. The van der Waals surface area contributed by atoms with Crippen molar-refractivity contribution < 1.29 is 0 Å². The van der Waals surface area contributed by atoms with Gasteiger partial charge in [0.05, 0.1) is 5.38 Å². The van der Waals surface area contributed by atoms with Crippen molar-refractivity contribution in [2.75, 3.05) is 0 Å². The minimum Gasteiger partial charge on any atom is -0.117 e. The topological polar surface area (TPSA) is 0 Å². The molecule has 18 heavy (non-hydrogen) atoms. The molecule has 94 valence electrons. The highest BCUT2D eigenvalue weighted by Gasteiger charge is 2.10. The Labute approximate surface area is 130 Å². The van der Waals surface area contributed by atoms with E-state index in [0.29, 0.717) is 0 Å². The van der Waals surface area contributed by atoms with Crippen LogP contribution in [0.2, 0.25) is 0 Å². The molecule has 0 saturated heterocycles. The van der Waals surface area contributed by atoms with Gasteiger partial charge in [-0.25, -0.2) is 0 Å². The van der Waals surface area contributed by atoms with Gasteiger partial charge in [-0.1, -0.05) is 50.1 Å². The van der Waals surface area contributed by atoms with E-state index >= 15 is 0 Å². The molecular formula is C15H13Br2Cl. The molecule has 0 heterocycles. The van der Waals surface area contributed by atoms with Gasteiger partial charge < -0.3 is 0 Å². The van der Waals surface area contributed by atoms with Crippen LogP contribution in [0.5, 0.6) is 0 Å². The monoisotopic (exact) mass is 386 g/mol. The molecule has 2 aromatic rings.